The quantitative estimate of drug-likeness (QED) is 0.749. The van der Waals surface area contributed by atoms with Crippen molar-refractivity contribution in [3.8, 4) is 0 Å². The van der Waals surface area contributed by atoms with E-state index >= 15 is 0 Å². The van der Waals surface area contributed by atoms with Gasteiger partial charge in [-0.3, -0.25) is 4.79 Å². The molecule has 0 aliphatic carbocycles. The number of hydrogen-bond acceptors (Lipinski definition) is 4. The third-order valence-corrected chi connectivity index (χ3v) is 2.77. The number of aliphatic hydroxyl groups excluding tert-OH is 2. The molecule has 0 radical (unpaired) electrons. The predicted octanol–water partition coefficient (Wildman–Crippen LogP) is 0.824. The number of aliphatic hydroxyl groups is 2. The Hall–Kier alpha value is -1.85. The standard InChI is InChI=1S/C13H15NO4/c1-8-12(13(17)14-9(6-15)7-16)10-4-2-3-5-11(10)18-8/h2-5,9,15-16H,6-7H2,1H3,(H,14,17). The SMILES string of the molecule is Cc1oc2ccccc2c1C(=O)NC(CO)CO. The van der Waals surface area contributed by atoms with Gasteiger partial charge in [-0.05, 0) is 13.0 Å². The Morgan fingerprint density at radius 1 is 1.33 bits per heavy atom. The van der Waals surface area contributed by atoms with Gasteiger partial charge in [-0.25, -0.2) is 0 Å². The molecular formula is C13H15NO4. The van der Waals surface area contributed by atoms with Crippen LogP contribution in [0.1, 0.15) is 16.1 Å². The fourth-order valence-corrected chi connectivity index (χ4v) is 1.86. The van der Waals surface area contributed by atoms with Gasteiger partial charge in [-0.1, -0.05) is 18.2 Å². The van der Waals surface area contributed by atoms with Gasteiger partial charge in [-0.2, -0.15) is 0 Å². The average molecular weight is 249 g/mol. The highest BCUT2D eigenvalue weighted by molar-refractivity contribution is 6.07. The first-order valence-corrected chi connectivity index (χ1v) is 5.68. The summed E-state index contributed by atoms with van der Waals surface area (Å²) in [4.78, 5) is 12.1. The molecule has 3 N–H and O–H groups in total. The molecule has 2 aromatic rings. The van der Waals surface area contributed by atoms with Crippen LogP contribution in [0.25, 0.3) is 11.0 Å². The topological polar surface area (TPSA) is 82.7 Å². The van der Waals surface area contributed by atoms with E-state index < -0.39 is 6.04 Å². The summed E-state index contributed by atoms with van der Waals surface area (Å²) in [5.74, 6) is 0.161. The van der Waals surface area contributed by atoms with Crippen LogP contribution in [0, 0.1) is 6.92 Å². The van der Waals surface area contributed by atoms with Gasteiger partial charge in [0.2, 0.25) is 0 Å². The molecule has 1 amide bonds. The second-order valence-corrected chi connectivity index (χ2v) is 4.06. The van der Waals surface area contributed by atoms with Crippen LogP contribution in [0.2, 0.25) is 0 Å². The van der Waals surface area contributed by atoms with Crippen molar-refractivity contribution in [2.24, 2.45) is 0 Å². The van der Waals surface area contributed by atoms with E-state index in [0.717, 1.165) is 5.39 Å². The first-order chi connectivity index (χ1) is 8.67. The van der Waals surface area contributed by atoms with Crippen molar-refractivity contribution in [2.45, 2.75) is 13.0 Å². The van der Waals surface area contributed by atoms with Gasteiger partial charge in [0.25, 0.3) is 5.91 Å². The summed E-state index contributed by atoms with van der Waals surface area (Å²) in [5, 5.41) is 21.2. The molecule has 0 unspecified atom stereocenters. The molecule has 18 heavy (non-hydrogen) atoms. The molecule has 96 valence electrons. The van der Waals surface area contributed by atoms with Crippen molar-refractivity contribution in [2.75, 3.05) is 13.2 Å². The molecule has 1 aromatic heterocycles. The first kappa shape index (κ1) is 12.6. The zero-order chi connectivity index (χ0) is 13.1. The fraction of sp³-hybridized carbons (Fsp3) is 0.308. The maximum absolute atomic E-state index is 12.1. The van der Waals surface area contributed by atoms with Crippen molar-refractivity contribution >= 4 is 16.9 Å². The minimum absolute atomic E-state index is 0.308. The minimum atomic E-state index is -0.662. The molecule has 2 rings (SSSR count). The van der Waals surface area contributed by atoms with Crippen LogP contribution in [0.5, 0.6) is 0 Å². The minimum Gasteiger partial charge on any atom is -0.461 e. The highest BCUT2D eigenvalue weighted by atomic mass is 16.3. The second-order valence-electron chi connectivity index (χ2n) is 4.06. The van der Waals surface area contributed by atoms with Gasteiger partial charge in [0.05, 0.1) is 24.8 Å². The summed E-state index contributed by atoms with van der Waals surface area (Å²) in [5.41, 5.74) is 1.09. The van der Waals surface area contributed by atoms with E-state index in [4.69, 9.17) is 14.6 Å². The van der Waals surface area contributed by atoms with E-state index in [1.165, 1.54) is 0 Å². The number of fused-ring (bicyclic) bond motifs is 1. The largest absolute Gasteiger partial charge is 0.461 e. The number of hydrogen-bond donors (Lipinski definition) is 3. The molecule has 5 nitrogen and oxygen atoms in total. The molecule has 0 bridgehead atoms. The van der Waals surface area contributed by atoms with Crippen LogP contribution in [0.15, 0.2) is 28.7 Å². The third-order valence-electron chi connectivity index (χ3n) is 2.77. The Labute approximate surface area is 104 Å². The molecule has 1 aromatic carbocycles. The van der Waals surface area contributed by atoms with E-state index in [0.29, 0.717) is 16.9 Å². The van der Waals surface area contributed by atoms with Gasteiger partial charge in [0, 0.05) is 5.39 Å². The van der Waals surface area contributed by atoms with E-state index in [2.05, 4.69) is 5.32 Å². The summed E-state index contributed by atoms with van der Waals surface area (Å²) in [7, 11) is 0. The Morgan fingerprint density at radius 2 is 2.00 bits per heavy atom. The summed E-state index contributed by atoms with van der Waals surface area (Å²) in [6, 6.07) is 6.58. The van der Waals surface area contributed by atoms with Crippen molar-refractivity contribution in [1.29, 1.82) is 0 Å². The van der Waals surface area contributed by atoms with Gasteiger partial charge < -0.3 is 19.9 Å². The number of benzene rings is 1. The number of carbonyl (C=O) groups excluding carboxylic acids is 1. The number of amides is 1. The zero-order valence-corrected chi connectivity index (χ0v) is 10.0. The monoisotopic (exact) mass is 249 g/mol. The molecule has 0 atom stereocenters. The number of rotatable bonds is 4. The number of nitrogens with one attached hydrogen (secondary N) is 1. The molecule has 0 aliphatic heterocycles. The number of carbonyl (C=O) groups is 1. The summed E-state index contributed by atoms with van der Waals surface area (Å²) >= 11 is 0. The van der Waals surface area contributed by atoms with Gasteiger partial charge in [-0.15, -0.1) is 0 Å². The van der Waals surface area contributed by atoms with Crippen LogP contribution in [0.4, 0.5) is 0 Å². The smallest absolute Gasteiger partial charge is 0.255 e. The van der Waals surface area contributed by atoms with Crippen LogP contribution in [0.3, 0.4) is 0 Å². The third kappa shape index (κ3) is 2.23. The molecule has 0 fully saturated rings. The predicted molar refractivity (Wildman–Crippen MR) is 66.4 cm³/mol. The highest BCUT2D eigenvalue weighted by Gasteiger charge is 2.19. The maximum Gasteiger partial charge on any atom is 0.255 e. The van der Waals surface area contributed by atoms with Crippen molar-refractivity contribution in [3.05, 3.63) is 35.6 Å². The Balaban J connectivity index is 2.35. The lowest BCUT2D eigenvalue weighted by Gasteiger charge is -2.12. The lowest BCUT2D eigenvalue weighted by molar-refractivity contribution is 0.0879. The Morgan fingerprint density at radius 3 is 2.67 bits per heavy atom. The van der Waals surface area contributed by atoms with E-state index in [1.54, 1.807) is 19.1 Å². The molecule has 0 saturated heterocycles. The molecular weight excluding hydrogens is 234 g/mol. The number of furan rings is 1. The van der Waals surface area contributed by atoms with E-state index in [1.807, 2.05) is 12.1 Å². The van der Waals surface area contributed by atoms with Crippen molar-refractivity contribution in [1.82, 2.24) is 5.32 Å². The number of para-hydroxylation sites is 1. The van der Waals surface area contributed by atoms with Crippen LogP contribution in [-0.4, -0.2) is 35.4 Å². The Kier molecular flexibility index (Phi) is 3.64. The normalized spacial score (nSPS) is 11.1. The summed E-state index contributed by atoms with van der Waals surface area (Å²) in [6.45, 7) is 1.09. The first-order valence-electron chi connectivity index (χ1n) is 5.68. The molecule has 0 aliphatic rings. The van der Waals surface area contributed by atoms with Crippen LogP contribution >= 0.6 is 0 Å². The van der Waals surface area contributed by atoms with E-state index in [-0.39, 0.29) is 19.1 Å². The average Bonchev–Trinajstić information content (AvgIpc) is 2.71. The summed E-state index contributed by atoms with van der Waals surface area (Å²) < 4.78 is 5.48. The lowest BCUT2D eigenvalue weighted by Crippen LogP contribution is -2.40. The molecule has 0 saturated carbocycles. The molecule has 0 spiro atoms. The van der Waals surface area contributed by atoms with Gasteiger partial charge in [0.1, 0.15) is 11.3 Å². The Bertz CT molecular complexity index is 557. The molecule has 5 heteroatoms. The maximum atomic E-state index is 12.1. The van der Waals surface area contributed by atoms with Crippen molar-refractivity contribution in [3.63, 3.8) is 0 Å². The van der Waals surface area contributed by atoms with Gasteiger partial charge >= 0.3 is 0 Å². The fourth-order valence-electron chi connectivity index (χ4n) is 1.86. The molecule has 1 heterocycles. The lowest BCUT2D eigenvalue weighted by atomic mass is 10.1. The zero-order valence-electron chi connectivity index (χ0n) is 10.0. The number of aryl methyl sites for hydroxylation is 1. The van der Waals surface area contributed by atoms with E-state index in [9.17, 15) is 4.79 Å². The van der Waals surface area contributed by atoms with Crippen LogP contribution in [-0.2, 0) is 0 Å². The summed E-state index contributed by atoms with van der Waals surface area (Å²) in [6.07, 6.45) is 0. The van der Waals surface area contributed by atoms with Crippen molar-refractivity contribution < 1.29 is 19.4 Å². The van der Waals surface area contributed by atoms with Gasteiger partial charge in [0.15, 0.2) is 0 Å². The second kappa shape index (κ2) is 5.20. The van der Waals surface area contributed by atoms with Crippen LogP contribution < -0.4 is 5.32 Å². The highest BCUT2D eigenvalue weighted by Crippen LogP contribution is 2.24.